The molecule has 5 heteroatoms. The van der Waals surface area contributed by atoms with Crippen molar-refractivity contribution in [3.63, 3.8) is 0 Å². The number of benzene rings is 3. The first-order valence-corrected chi connectivity index (χ1v) is 15.6. The molecule has 4 bridgehead atoms. The van der Waals surface area contributed by atoms with Gasteiger partial charge in [-0.1, -0.05) is 54.6 Å². The van der Waals surface area contributed by atoms with E-state index in [0.29, 0.717) is 18.6 Å². The van der Waals surface area contributed by atoms with Gasteiger partial charge < -0.3 is 9.47 Å². The molecule has 7 rings (SSSR count). The first-order chi connectivity index (χ1) is 20.7. The van der Waals surface area contributed by atoms with E-state index in [0.717, 1.165) is 52.9 Å². The summed E-state index contributed by atoms with van der Waals surface area (Å²) in [6.07, 6.45) is 10.9. The predicted octanol–water partition coefficient (Wildman–Crippen LogP) is 10.4. The molecule has 3 aromatic rings. The highest BCUT2D eigenvalue weighted by atomic mass is 19.4. The van der Waals surface area contributed by atoms with Crippen molar-refractivity contribution >= 4 is 5.57 Å². The maximum atomic E-state index is 13.3. The number of hydrogen-bond acceptors (Lipinski definition) is 2. The Morgan fingerprint density at radius 1 is 0.884 bits per heavy atom. The van der Waals surface area contributed by atoms with Crippen LogP contribution in [0.15, 0.2) is 85.0 Å². The first-order valence-electron chi connectivity index (χ1n) is 15.6. The third-order valence-corrected chi connectivity index (χ3v) is 9.88. The molecule has 0 heterocycles. The van der Waals surface area contributed by atoms with Crippen molar-refractivity contribution < 1.29 is 22.6 Å². The molecular formula is C38H41F3O2. The molecule has 4 saturated carbocycles. The highest BCUT2D eigenvalue weighted by Crippen LogP contribution is 2.62. The smallest absolute Gasteiger partial charge is 0.416 e. The molecule has 0 atom stereocenters. The van der Waals surface area contributed by atoms with E-state index in [4.69, 9.17) is 9.47 Å². The molecule has 0 N–H and O–H groups in total. The maximum absolute atomic E-state index is 13.3. The average molecular weight is 587 g/mol. The van der Waals surface area contributed by atoms with Crippen molar-refractivity contribution in [1.82, 2.24) is 0 Å². The van der Waals surface area contributed by atoms with Crippen molar-refractivity contribution in [1.29, 1.82) is 0 Å². The summed E-state index contributed by atoms with van der Waals surface area (Å²) in [6.45, 7) is 2.38. The molecule has 2 nitrogen and oxygen atoms in total. The van der Waals surface area contributed by atoms with Gasteiger partial charge in [-0.25, -0.2) is 0 Å². The fourth-order valence-corrected chi connectivity index (χ4v) is 8.33. The third kappa shape index (κ3) is 6.56. The van der Waals surface area contributed by atoms with Crippen molar-refractivity contribution in [3.8, 4) is 11.5 Å². The van der Waals surface area contributed by atoms with Crippen LogP contribution >= 0.6 is 0 Å². The van der Waals surface area contributed by atoms with Crippen LogP contribution in [0, 0.1) is 17.8 Å². The molecule has 0 aliphatic heterocycles. The second-order valence-corrected chi connectivity index (χ2v) is 12.9. The molecular weight excluding hydrogens is 545 g/mol. The zero-order chi connectivity index (χ0) is 30.0. The van der Waals surface area contributed by atoms with Crippen LogP contribution in [0.2, 0.25) is 0 Å². The van der Waals surface area contributed by atoms with Gasteiger partial charge in [-0.15, -0.1) is 0 Å². The lowest BCUT2D eigenvalue weighted by molar-refractivity contribution is -0.137. The Labute approximate surface area is 253 Å². The summed E-state index contributed by atoms with van der Waals surface area (Å²) in [5, 5.41) is 0. The molecule has 226 valence electrons. The van der Waals surface area contributed by atoms with Crippen LogP contribution in [-0.4, -0.2) is 7.11 Å². The predicted molar refractivity (Wildman–Crippen MR) is 166 cm³/mol. The van der Waals surface area contributed by atoms with E-state index in [1.807, 2.05) is 37.3 Å². The van der Waals surface area contributed by atoms with Crippen molar-refractivity contribution in [2.24, 2.45) is 17.8 Å². The topological polar surface area (TPSA) is 18.5 Å². The van der Waals surface area contributed by atoms with Gasteiger partial charge in [-0.3, -0.25) is 0 Å². The van der Waals surface area contributed by atoms with Gasteiger partial charge in [0.25, 0.3) is 0 Å². The standard InChI is InChI=1S/C38H41F3O2/c1-3-6-31(32-9-5-10-33(21-32)38(39,40)41)8-4-7-26-13-16-35(37-22-28-17-29(23-37)19-30(18-28)24-37)36(20-26)43-25-27-11-14-34(42-2)15-12-27/h3,5-6,8-16,20-21,28-30H,4,7,17-19,22-25H2,1-2H3/b6-3?,31-8-. The number of alkyl halides is 3. The van der Waals surface area contributed by atoms with Crippen LogP contribution in [0.4, 0.5) is 13.2 Å². The lowest BCUT2D eigenvalue weighted by Crippen LogP contribution is -2.48. The zero-order valence-electron chi connectivity index (χ0n) is 25.1. The molecule has 4 aliphatic rings. The van der Waals surface area contributed by atoms with Gasteiger partial charge in [0, 0.05) is 5.56 Å². The van der Waals surface area contributed by atoms with Crippen LogP contribution in [0.1, 0.15) is 79.7 Å². The van der Waals surface area contributed by atoms with E-state index < -0.39 is 11.7 Å². The van der Waals surface area contributed by atoms with Gasteiger partial charge >= 0.3 is 6.18 Å². The number of halogens is 3. The molecule has 4 fully saturated rings. The normalized spacial score (nSPS) is 25.0. The largest absolute Gasteiger partial charge is 0.497 e. The van der Waals surface area contributed by atoms with Gasteiger partial charge in [0.2, 0.25) is 0 Å². The lowest BCUT2D eigenvalue weighted by Gasteiger charge is -2.57. The zero-order valence-corrected chi connectivity index (χ0v) is 25.1. The van der Waals surface area contributed by atoms with Crippen molar-refractivity contribution in [3.05, 3.63) is 113 Å². The number of rotatable bonds is 10. The van der Waals surface area contributed by atoms with E-state index in [9.17, 15) is 13.2 Å². The van der Waals surface area contributed by atoms with E-state index in [2.05, 4.69) is 30.3 Å². The Kier molecular flexibility index (Phi) is 8.44. The first kappa shape index (κ1) is 29.6. The molecule has 0 radical (unpaired) electrons. The average Bonchev–Trinajstić information content (AvgIpc) is 2.99. The molecule has 0 unspecified atom stereocenters. The minimum absolute atomic E-state index is 0.213. The molecule has 3 aromatic carbocycles. The lowest BCUT2D eigenvalue weighted by atomic mass is 9.48. The fourth-order valence-electron chi connectivity index (χ4n) is 8.33. The van der Waals surface area contributed by atoms with E-state index >= 15 is 0 Å². The van der Waals surface area contributed by atoms with E-state index in [-0.39, 0.29) is 5.41 Å². The summed E-state index contributed by atoms with van der Waals surface area (Å²) >= 11 is 0. The Balaban J connectivity index is 1.25. The van der Waals surface area contributed by atoms with Crippen LogP contribution in [0.25, 0.3) is 5.57 Å². The number of aryl methyl sites for hydroxylation is 1. The summed E-state index contributed by atoms with van der Waals surface area (Å²) in [7, 11) is 1.67. The van der Waals surface area contributed by atoms with Crippen LogP contribution in [0.5, 0.6) is 11.5 Å². The summed E-state index contributed by atoms with van der Waals surface area (Å²) < 4.78 is 52.0. The summed E-state index contributed by atoms with van der Waals surface area (Å²) in [5.74, 6) is 4.34. The second-order valence-electron chi connectivity index (χ2n) is 12.9. The minimum Gasteiger partial charge on any atom is -0.497 e. The fraction of sp³-hybridized carbons (Fsp3) is 0.421. The maximum Gasteiger partial charge on any atom is 0.416 e. The summed E-state index contributed by atoms with van der Waals surface area (Å²) in [5.41, 5.74) is 4.62. The molecule has 0 aromatic heterocycles. The van der Waals surface area contributed by atoms with Gasteiger partial charge in [0.1, 0.15) is 18.1 Å². The van der Waals surface area contributed by atoms with Crippen LogP contribution in [-0.2, 0) is 24.6 Å². The third-order valence-electron chi connectivity index (χ3n) is 9.88. The van der Waals surface area contributed by atoms with Crippen LogP contribution in [0.3, 0.4) is 0 Å². The number of allylic oxidation sites excluding steroid dienone is 4. The Morgan fingerprint density at radius 2 is 1.56 bits per heavy atom. The van der Waals surface area contributed by atoms with Crippen molar-refractivity contribution in [2.45, 2.75) is 76.5 Å². The van der Waals surface area contributed by atoms with E-state index in [1.54, 1.807) is 13.2 Å². The number of methoxy groups -OCH3 is 1. The molecule has 0 spiro atoms. The summed E-state index contributed by atoms with van der Waals surface area (Å²) in [4.78, 5) is 0. The van der Waals surface area contributed by atoms with Gasteiger partial charge in [0.05, 0.1) is 12.7 Å². The molecule has 43 heavy (non-hydrogen) atoms. The second kappa shape index (κ2) is 12.3. The Hall–Kier alpha value is -3.47. The highest BCUT2D eigenvalue weighted by Gasteiger charge is 2.52. The number of ether oxygens (including phenoxy) is 2. The number of hydrogen-bond donors (Lipinski definition) is 0. The molecule has 0 saturated heterocycles. The van der Waals surface area contributed by atoms with Crippen LogP contribution < -0.4 is 9.47 Å². The Morgan fingerprint density at radius 3 is 2.19 bits per heavy atom. The van der Waals surface area contributed by atoms with Gasteiger partial charge in [-0.2, -0.15) is 13.2 Å². The minimum atomic E-state index is -4.36. The van der Waals surface area contributed by atoms with Gasteiger partial charge in [-0.05, 0) is 134 Å². The quantitative estimate of drug-likeness (QED) is 0.220. The highest BCUT2D eigenvalue weighted by molar-refractivity contribution is 5.74. The van der Waals surface area contributed by atoms with Crippen molar-refractivity contribution in [2.75, 3.05) is 7.11 Å². The van der Waals surface area contributed by atoms with E-state index in [1.165, 1.54) is 61.8 Å². The Bertz CT molecular complexity index is 1450. The van der Waals surface area contributed by atoms with Gasteiger partial charge in [0.15, 0.2) is 0 Å². The molecule has 0 amide bonds. The SMILES string of the molecule is CC=C/C(=C/CCc1ccc(C23CC4CC(CC(C4)C2)C3)c(OCc2ccc(OC)cc2)c1)c1cccc(C(F)(F)F)c1. The monoisotopic (exact) mass is 586 g/mol. The summed E-state index contributed by atoms with van der Waals surface area (Å²) in [6, 6.07) is 20.4. The molecule has 4 aliphatic carbocycles.